The van der Waals surface area contributed by atoms with Crippen LogP contribution in [0.2, 0.25) is 0 Å². The van der Waals surface area contributed by atoms with Crippen LogP contribution in [0.15, 0.2) is 18.3 Å². The van der Waals surface area contributed by atoms with Gasteiger partial charge in [0.2, 0.25) is 0 Å². The van der Waals surface area contributed by atoms with Crippen LogP contribution in [0.1, 0.15) is 33.6 Å². The van der Waals surface area contributed by atoms with Crippen molar-refractivity contribution in [2.45, 2.75) is 39.2 Å². The molecule has 0 unspecified atom stereocenters. The van der Waals surface area contributed by atoms with Crippen LogP contribution in [0.5, 0.6) is 0 Å². The summed E-state index contributed by atoms with van der Waals surface area (Å²) in [5.41, 5.74) is -0.523. The third-order valence-electron chi connectivity index (χ3n) is 3.72. The van der Waals surface area contributed by atoms with Gasteiger partial charge in [0.05, 0.1) is 4.92 Å². The van der Waals surface area contributed by atoms with Crippen molar-refractivity contribution in [3.63, 3.8) is 0 Å². The second kappa shape index (κ2) is 7.46. The zero-order valence-electron chi connectivity index (χ0n) is 14.3. The minimum atomic E-state index is -0.509. The van der Waals surface area contributed by atoms with Gasteiger partial charge in [0.1, 0.15) is 17.6 Å². The third kappa shape index (κ3) is 5.36. The van der Waals surface area contributed by atoms with E-state index in [0.717, 1.165) is 31.7 Å². The predicted molar refractivity (Wildman–Crippen MR) is 90.1 cm³/mol. The first-order valence-corrected chi connectivity index (χ1v) is 8.07. The van der Waals surface area contributed by atoms with Gasteiger partial charge in [0.25, 0.3) is 5.69 Å². The highest BCUT2D eigenvalue weighted by molar-refractivity contribution is 5.67. The molecular formula is C16H24N4O4. The molecule has 0 saturated carbocycles. The molecule has 0 bridgehead atoms. The molecule has 132 valence electrons. The lowest BCUT2D eigenvalue weighted by molar-refractivity contribution is -0.385. The van der Waals surface area contributed by atoms with Gasteiger partial charge in [-0.3, -0.25) is 10.1 Å². The topological polar surface area (TPSA) is 97.6 Å². The van der Waals surface area contributed by atoms with Gasteiger partial charge in [-0.15, -0.1) is 0 Å². The highest BCUT2D eigenvalue weighted by Gasteiger charge is 2.23. The minimum Gasteiger partial charge on any atom is -0.444 e. The second-order valence-corrected chi connectivity index (χ2v) is 6.97. The van der Waals surface area contributed by atoms with Crippen LogP contribution in [0.3, 0.4) is 0 Å². The van der Waals surface area contributed by atoms with E-state index in [-0.39, 0.29) is 5.69 Å². The number of nitrogens with one attached hydrogen (secondary N) is 1. The van der Waals surface area contributed by atoms with Gasteiger partial charge < -0.3 is 15.0 Å². The van der Waals surface area contributed by atoms with Crippen molar-refractivity contribution >= 4 is 17.6 Å². The van der Waals surface area contributed by atoms with Crippen molar-refractivity contribution < 1.29 is 14.5 Å². The van der Waals surface area contributed by atoms with Crippen LogP contribution < -0.4 is 10.2 Å². The number of nitro groups is 1. The Bertz CT molecular complexity index is 583. The summed E-state index contributed by atoms with van der Waals surface area (Å²) in [4.78, 5) is 28.2. The Morgan fingerprint density at radius 2 is 2.25 bits per heavy atom. The zero-order chi connectivity index (χ0) is 17.7. The van der Waals surface area contributed by atoms with Crippen LogP contribution in [0.4, 0.5) is 16.3 Å². The summed E-state index contributed by atoms with van der Waals surface area (Å²) >= 11 is 0. The molecule has 0 radical (unpaired) electrons. The van der Waals surface area contributed by atoms with Crippen LogP contribution in [0, 0.1) is 16.0 Å². The molecule has 2 rings (SSSR count). The van der Waals surface area contributed by atoms with Crippen molar-refractivity contribution in [1.29, 1.82) is 0 Å². The zero-order valence-corrected chi connectivity index (χ0v) is 14.3. The fraction of sp³-hybridized carbons (Fsp3) is 0.625. The van der Waals surface area contributed by atoms with E-state index in [1.165, 1.54) is 12.3 Å². The van der Waals surface area contributed by atoms with Gasteiger partial charge in [0, 0.05) is 25.7 Å². The van der Waals surface area contributed by atoms with Crippen LogP contribution in [-0.4, -0.2) is 41.2 Å². The molecule has 24 heavy (non-hydrogen) atoms. The fourth-order valence-corrected chi connectivity index (χ4v) is 2.65. The number of amides is 1. The molecule has 1 aromatic rings. The largest absolute Gasteiger partial charge is 0.444 e. The van der Waals surface area contributed by atoms with Gasteiger partial charge in [-0.1, -0.05) is 0 Å². The van der Waals surface area contributed by atoms with Gasteiger partial charge in [0.15, 0.2) is 0 Å². The number of hydrogen-bond acceptors (Lipinski definition) is 6. The molecule has 1 atom stereocenters. The molecule has 0 spiro atoms. The number of ether oxygens (including phenoxy) is 1. The molecule has 0 aliphatic carbocycles. The molecule has 1 aliphatic heterocycles. The number of pyridine rings is 1. The van der Waals surface area contributed by atoms with E-state index in [0.29, 0.717) is 12.5 Å². The van der Waals surface area contributed by atoms with Crippen molar-refractivity contribution in [3.8, 4) is 0 Å². The maximum Gasteiger partial charge on any atom is 0.407 e. The second-order valence-electron chi connectivity index (χ2n) is 6.97. The molecule has 1 aromatic heterocycles. The lowest BCUT2D eigenvalue weighted by Gasteiger charge is -2.33. The van der Waals surface area contributed by atoms with Gasteiger partial charge in [-0.25, -0.2) is 9.78 Å². The average Bonchev–Trinajstić information content (AvgIpc) is 2.52. The monoisotopic (exact) mass is 336 g/mol. The fourth-order valence-electron chi connectivity index (χ4n) is 2.65. The normalized spacial score (nSPS) is 18.1. The lowest BCUT2D eigenvalue weighted by atomic mass is 9.98. The Morgan fingerprint density at radius 3 is 2.83 bits per heavy atom. The number of anilines is 1. The molecular weight excluding hydrogens is 312 g/mol. The van der Waals surface area contributed by atoms with E-state index in [4.69, 9.17) is 4.74 Å². The molecule has 2 heterocycles. The van der Waals surface area contributed by atoms with E-state index in [1.807, 2.05) is 20.8 Å². The summed E-state index contributed by atoms with van der Waals surface area (Å²) in [6, 6.07) is 3.13. The number of nitrogens with zero attached hydrogens (tertiary/aromatic N) is 3. The summed E-state index contributed by atoms with van der Waals surface area (Å²) in [7, 11) is 0. The molecule has 8 heteroatoms. The maximum absolute atomic E-state index is 11.7. The third-order valence-corrected chi connectivity index (χ3v) is 3.72. The van der Waals surface area contributed by atoms with Crippen LogP contribution in [0.25, 0.3) is 0 Å². The van der Waals surface area contributed by atoms with Crippen molar-refractivity contribution in [2.75, 3.05) is 24.5 Å². The molecule has 1 saturated heterocycles. The lowest BCUT2D eigenvalue weighted by Crippen LogP contribution is -2.42. The van der Waals surface area contributed by atoms with Crippen LogP contribution >= 0.6 is 0 Å². The molecule has 8 nitrogen and oxygen atoms in total. The highest BCUT2D eigenvalue weighted by atomic mass is 16.6. The smallest absolute Gasteiger partial charge is 0.407 e. The Hall–Kier alpha value is -2.38. The summed E-state index contributed by atoms with van der Waals surface area (Å²) in [5.74, 6) is 1.02. The molecule has 0 aromatic carbocycles. The number of carbonyl (C=O) groups excluding carboxylic acids is 1. The first-order chi connectivity index (χ1) is 11.2. The Morgan fingerprint density at radius 1 is 1.50 bits per heavy atom. The van der Waals surface area contributed by atoms with E-state index < -0.39 is 16.6 Å². The number of alkyl carbamates (subject to hydrolysis) is 1. The number of aromatic nitrogens is 1. The van der Waals surface area contributed by atoms with Gasteiger partial charge in [-0.05, 0) is 45.6 Å². The molecule has 1 N–H and O–H groups in total. The number of hydrogen-bond donors (Lipinski definition) is 1. The standard InChI is InChI=1S/C16H24N4O4/c1-16(2,3)24-15(21)18-9-12-5-4-8-19(11-12)14-7-6-13(10-17-14)20(22)23/h6-7,10,12H,4-5,8-9,11H2,1-3H3,(H,18,21)/t12-/m0/s1. The summed E-state index contributed by atoms with van der Waals surface area (Å²) in [6.07, 6.45) is 2.87. The first-order valence-electron chi connectivity index (χ1n) is 8.07. The summed E-state index contributed by atoms with van der Waals surface area (Å²) in [5, 5.41) is 13.5. The minimum absolute atomic E-state index is 0.0149. The summed E-state index contributed by atoms with van der Waals surface area (Å²) < 4.78 is 5.24. The van der Waals surface area contributed by atoms with Gasteiger partial charge in [-0.2, -0.15) is 0 Å². The number of carbonyl (C=O) groups is 1. The first kappa shape index (κ1) is 18.0. The van der Waals surface area contributed by atoms with Crippen molar-refractivity contribution in [3.05, 3.63) is 28.4 Å². The number of rotatable bonds is 4. The van der Waals surface area contributed by atoms with E-state index in [1.54, 1.807) is 6.07 Å². The highest BCUT2D eigenvalue weighted by Crippen LogP contribution is 2.22. The Kier molecular flexibility index (Phi) is 5.58. The Balaban J connectivity index is 1.87. The Labute approximate surface area is 141 Å². The average molecular weight is 336 g/mol. The van der Waals surface area contributed by atoms with Crippen molar-refractivity contribution in [1.82, 2.24) is 10.3 Å². The van der Waals surface area contributed by atoms with Crippen molar-refractivity contribution in [2.24, 2.45) is 5.92 Å². The quantitative estimate of drug-likeness (QED) is 0.670. The van der Waals surface area contributed by atoms with E-state index in [9.17, 15) is 14.9 Å². The van der Waals surface area contributed by atoms with Gasteiger partial charge >= 0.3 is 6.09 Å². The van der Waals surface area contributed by atoms with E-state index in [2.05, 4.69) is 15.2 Å². The molecule has 1 fully saturated rings. The molecule has 1 amide bonds. The predicted octanol–water partition coefficient (Wildman–Crippen LogP) is 2.73. The number of piperidine rings is 1. The maximum atomic E-state index is 11.7. The summed E-state index contributed by atoms with van der Waals surface area (Å²) in [6.45, 7) is 7.63. The van der Waals surface area contributed by atoms with E-state index >= 15 is 0 Å². The molecule has 1 aliphatic rings. The van der Waals surface area contributed by atoms with Crippen LogP contribution in [-0.2, 0) is 4.74 Å². The SMILES string of the molecule is CC(C)(C)OC(=O)NC[C@@H]1CCCN(c2ccc([N+](=O)[O-])cn2)C1.